The number of nitro benzene ring substituents is 1. The average Bonchev–Trinajstić information content (AvgIpc) is 3.10. The van der Waals surface area contributed by atoms with Crippen molar-refractivity contribution in [1.82, 2.24) is 0 Å². The molecule has 1 N–H and O–H groups in total. The molecule has 0 spiro atoms. The van der Waals surface area contributed by atoms with Crippen molar-refractivity contribution in [3.63, 3.8) is 0 Å². The van der Waals surface area contributed by atoms with Gasteiger partial charge in [0.1, 0.15) is 5.69 Å². The first kappa shape index (κ1) is 11.7. The molecule has 0 amide bonds. The molecule has 1 aliphatic carbocycles. The van der Waals surface area contributed by atoms with E-state index in [4.69, 9.17) is 4.74 Å². The smallest absolute Gasteiger partial charge is 0.333 e. The first-order valence-corrected chi connectivity index (χ1v) is 5.89. The lowest BCUT2D eigenvalue weighted by Crippen LogP contribution is -2.06. The van der Waals surface area contributed by atoms with E-state index in [1.54, 1.807) is 18.2 Å². The van der Waals surface area contributed by atoms with E-state index in [0.717, 1.165) is 19.3 Å². The van der Waals surface area contributed by atoms with Gasteiger partial charge in [-0.3, -0.25) is 10.1 Å². The summed E-state index contributed by atoms with van der Waals surface area (Å²) in [6.07, 6.45) is 2.99. The molecule has 5 nitrogen and oxygen atoms in total. The van der Waals surface area contributed by atoms with Crippen LogP contribution in [0.15, 0.2) is 18.2 Å². The molecule has 17 heavy (non-hydrogen) atoms. The van der Waals surface area contributed by atoms with Crippen LogP contribution in [0.4, 0.5) is 11.4 Å². The number of hydrogen-bond donors (Lipinski definition) is 1. The van der Waals surface area contributed by atoms with Crippen LogP contribution in [-0.2, 0) is 0 Å². The van der Waals surface area contributed by atoms with Crippen LogP contribution in [0.5, 0.6) is 5.75 Å². The zero-order valence-corrected chi connectivity index (χ0v) is 9.81. The first-order valence-electron chi connectivity index (χ1n) is 5.89. The minimum absolute atomic E-state index is 0.0489. The summed E-state index contributed by atoms with van der Waals surface area (Å²) in [5.74, 6) is 0.350. The van der Waals surface area contributed by atoms with Gasteiger partial charge in [-0.1, -0.05) is 13.0 Å². The SMILES string of the molecule is CCCOc1cccc(NC2CC2)c1[N+](=O)[O-]. The maximum atomic E-state index is 11.1. The number of nitrogens with zero attached hydrogens (tertiary/aromatic N) is 1. The van der Waals surface area contributed by atoms with Crippen molar-refractivity contribution in [2.24, 2.45) is 0 Å². The summed E-state index contributed by atoms with van der Waals surface area (Å²) >= 11 is 0. The van der Waals surface area contributed by atoms with Gasteiger partial charge in [0.05, 0.1) is 11.5 Å². The molecule has 0 aromatic heterocycles. The summed E-state index contributed by atoms with van der Waals surface area (Å²) in [5, 5.41) is 14.3. The van der Waals surface area contributed by atoms with E-state index in [1.165, 1.54) is 0 Å². The summed E-state index contributed by atoms with van der Waals surface area (Å²) in [7, 11) is 0. The molecule has 0 bridgehead atoms. The molecule has 92 valence electrons. The zero-order valence-electron chi connectivity index (χ0n) is 9.81. The fourth-order valence-electron chi connectivity index (χ4n) is 1.60. The third kappa shape index (κ3) is 2.87. The molecule has 0 heterocycles. The number of benzene rings is 1. The second-order valence-electron chi connectivity index (χ2n) is 4.18. The highest BCUT2D eigenvalue weighted by Crippen LogP contribution is 2.37. The van der Waals surface area contributed by atoms with E-state index in [-0.39, 0.29) is 10.6 Å². The van der Waals surface area contributed by atoms with Gasteiger partial charge in [-0.05, 0) is 31.4 Å². The topological polar surface area (TPSA) is 64.4 Å². The van der Waals surface area contributed by atoms with Crippen LogP contribution in [0, 0.1) is 10.1 Å². The molecule has 1 fully saturated rings. The minimum atomic E-state index is -0.379. The molecule has 1 aromatic rings. The number of hydrogen-bond acceptors (Lipinski definition) is 4. The van der Waals surface area contributed by atoms with E-state index >= 15 is 0 Å². The number of nitro groups is 1. The van der Waals surface area contributed by atoms with Gasteiger partial charge in [0.15, 0.2) is 5.75 Å². The Morgan fingerprint density at radius 1 is 1.53 bits per heavy atom. The van der Waals surface area contributed by atoms with Crippen LogP contribution in [0.2, 0.25) is 0 Å². The quantitative estimate of drug-likeness (QED) is 0.609. The maximum absolute atomic E-state index is 11.1. The van der Waals surface area contributed by atoms with Crippen molar-refractivity contribution in [3.8, 4) is 5.75 Å². The molecule has 0 aliphatic heterocycles. The molecular weight excluding hydrogens is 220 g/mol. The van der Waals surface area contributed by atoms with E-state index in [9.17, 15) is 10.1 Å². The number of anilines is 1. The third-order valence-electron chi connectivity index (χ3n) is 2.58. The van der Waals surface area contributed by atoms with Crippen LogP contribution in [0.1, 0.15) is 26.2 Å². The summed E-state index contributed by atoms with van der Waals surface area (Å²) < 4.78 is 5.41. The molecule has 0 atom stereocenters. The minimum Gasteiger partial charge on any atom is -0.487 e. The van der Waals surface area contributed by atoms with Crippen LogP contribution in [0.25, 0.3) is 0 Å². The lowest BCUT2D eigenvalue weighted by molar-refractivity contribution is -0.385. The molecule has 0 radical (unpaired) electrons. The van der Waals surface area contributed by atoms with E-state index < -0.39 is 0 Å². The summed E-state index contributed by atoms with van der Waals surface area (Å²) in [5.41, 5.74) is 0.610. The van der Waals surface area contributed by atoms with Gasteiger partial charge in [-0.2, -0.15) is 0 Å². The Kier molecular flexibility index (Phi) is 3.46. The van der Waals surface area contributed by atoms with Crippen LogP contribution in [0.3, 0.4) is 0 Å². The predicted octanol–water partition coefficient (Wildman–Crippen LogP) is 2.96. The Hall–Kier alpha value is -1.78. The standard InChI is InChI=1S/C12H16N2O3/c1-2-8-17-11-5-3-4-10(12(11)14(15)16)13-9-6-7-9/h3-5,9,13H,2,6-8H2,1H3. The van der Waals surface area contributed by atoms with Crippen LogP contribution in [-0.4, -0.2) is 17.6 Å². The lowest BCUT2D eigenvalue weighted by atomic mass is 10.2. The second kappa shape index (κ2) is 5.03. The summed E-state index contributed by atoms with van der Waals surface area (Å²) in [6, 6.07) is 5.54. The Morgan fingerprint density at radius 2 is 2.29 bits per heavy atom. The highest BCUT2D eigenvalue weighted by Gasteiger charge is 2.27. The van der Waals surface area contributed by atoms with Gasteiger partial charge in [-0.25, -0.2) is 0 Å². The normalized spacial score (nSPS) is 14.4. The monoisotopic (exact) mass is 236 g/mol. The number of rotatable bonds is 6. The third-order valence-corrected chi connectivity index (χ3v) is 2.58. The predicted molar refractivity (Wildman–Crippen MR) is 65.5 cm³/mol. The molecule has 1 aromatic carbocycles. The number of nitrogens with one attached hydrogen (secondary N) is 1. The van der Waals surface area contributed by atoms with Gasteiger partial charge >= 0.3 is 5.69 Å². The fraction of sp³-hybridized carbons (Fsp3) is 0.500. The molecule has 2 rings (SSSR count). The van der Waals surface area contributed by atoms with Crippen molar-refractivity contribution >= 4 is 11.4 Å². The maximum Gasteiger partial charge on any atom is 0.333 e. The summed E-state index contributed by atoms with van der Waals surface area (Å²) in [6.45, 7) is 2.46. The van der Waals surface area contributed by atoms with Crippen molar-refractivity contribution in [2.45, 2.75) is 32.2 Å². The zero-order chi connectivity index (χ0) is 12.3. The van der Waals surface area contributed by atoms with Gasteiger partial charge in [0.2, 0.25) is 0 Å². The first-order chi connectivity index (χ1) is 8.22. The molecule has 1 aliphatic rings. The number of para-hydroxylation sites is 1. The van der Waals surface area contributed by atoms with Gasteiger partial charge in [0.25, 0.3) is 0 Å². The summed E-state index contributed by atoms with van der Waals surface area (Å²) in [4.78, 5) is 10.7. The van der Waals surface area contributed by atoms with Crippen LogP contribution >= 0.6 is 0 Å². The molecule has 0 unspecified atom stereocenters. The lowest BCUT2D eigenvalue weighted by Gasteiger charge is -2.10. The van der Waals surface area contributed by atoms with E-state index in [0.29, 0.717) is 24.1 Å². The molecule has 1 saturated carbocycles. The second-order valence-corrected chi connectivity index (χ2v) is 4.18. The number of ether oxygens (including phenoxy) is 1. The highest BCUT2D eigenvalue weighted by molar-refractivity contribution is 5.69. The molecule has 0 saturated heterocycles. The van der Waals surface area contributed by atoms with Crippen LogP contribution < -0.4 is 10.1 Å². The Morgan fingerprint density at radius 3 is 2.88 bits per heavy atom. The largest absolute Gasteiger partial charge is 0.487 e. The Bertz CT molecular complexity index is 416. The van der Waals surface area contributed by atoms with Crippen molar-refractivity contribution in [1.29, 1.82) is 0 Å². The Balaban J connectivity index is 2.26. The van der Waals surface area contributed by atoms with Crippen molar-refractivity contribution in [2.75, 3.05) is 11.9 Å². The fourth-order valence-corrected chi connectivity index (χ4v) is 1.60. The van der Waals surface area contributed by atoms with E-state index in [2.05, 4.69) is 5.32 Å². The molecular formula is C12H16N2O3. The van der Waals surface area contributed by atoms with E-state index in [1.807, 2.05) is 6.92 Å². The van der Waals surface area contributed by atoms with Gasteiger partial charge in [0, 0.05) is 6.04 Å². The molecule has 5 heteroatoms. The highest BCUT2D eigenvalue weighted by atomic mass is 16.6. The Labute approximate surface area is 99.9 Å². The van der Waals surface area contributed by atoms with Gasteiger partial charge < -0.3 is 10.1 Å². The average molecular weight is 236 g/mol. The van der Waals surface area contributed by atoms with Gasteiger partial charge in [-0.15, -0.1) is 0 Å². The van der Waals surface area contributed by atoms with Crippen molar-refractivity contribution < 1.29 is 9.66 Å². The van der Waals surface area contributed by atoms with Crippen molar-refractivity contribution in [3.05, 3.63) is 28.3 Å².